The Bertz CT molecular complexity index is 1410. The predicted molar refractivity (Wildman–Crippen MR) is 137 cm³/mol. The van der Waals surface area contributed by atoms with E-state index in [1.807, 2.05) is 61.5 Å². The van der Waals surface area contributed by atoms with Crippen molar-refractivity contribution in [2.45, 2.75) is 26.7 Å². The van der Waals surface area contributed by atoms with Gasteiger partial charge in [0.1, 0.15) is 5.58 Å². The van der Waals surface area contributed by atoms with E-state index in [2.05, 4.69) is 24.5 Å². The molecule has 0 bridgehead atoms. The summed E-state index contributed by atoms with van der Waals surface area (Å²) in [6.07, 6.45) is 0. The molecule has 3 aromatic carbocycles. The first-order chi connectivity index (χ1) is 15.8. The second-order valence-corrected chi connectivity index (χ2v) is 8.61. The minimum Gasteiger partial charge on any atom is -0.422 e. The molecule has 0 saturated heterocycles. The van der Waals surface area contributed by atoms with Crippen LogP contribution in [-0.4, -0.2) is 11.0 Å². The molecule has 5 nitrogen and oxygen atoms in total. The van der Waals surface area contributed by atoms with Crippen LogP contribution in [0.4, 0.5) is 5.69 Å². The molecule has 0 aliphatic heterocycles. The average Bonchev–Trinajstić information content (AvgIpc) is 2.80. The maximum atomic E-state index is 12.6. The number of hydrogen-bond donors (Lipinski definition) is 2. The van der Waals surface area contributed by atoms with E-state index >= 15 is 0 Å². The molecule has 1 amide bonds. The van der Waals surface area contributed by atoms with Gasteiger partial charge in [-0.15, -0.1) is 0 Å². The summed E-state index contributed by atoms with van der Waals surface area (Å²) in [6.45, 7) is 6.13. The quantitative estimate of drug-likeness (QED) is 0.290. The zero-order chi connectivity index (χ0) is 23.5. The number of carbonyl (C=O) groups excluding carboxylic acids is 1. The van der Waals surface area contributed by atoms with Gasteiger partial charge in [-0.05, 0) is 72.1 Å². The molecule has 0 saturated carbocycles. The van der Waals surface area contributed by atoms with E-state index in [0.29, 0.717) is 33.9 Å². The fourth-order valence-corrected chi connectivity index (χ4v) is 3.74. The smallest absolute Gasteiger partial charge is 0.344 e. The van der Waals surface area contributed by atoms with Crippen molar-refractivity contribution in [1.29, 1.82) is 0 Å². The van der Waals surface area contributed by atoms with Crippen LogP contribution in [0.15, 0.2) is 82.0 Å². The predicted octanol–water partition coefficient (Wildman–Crippen LogP) is 6.02. The topological polar surface area (TPSA) is 71.3 Å². The number of anilines is 1. The first kappa shape index (κ1) is 22.4. The number of carbonyl (C=O) groups is 1. The summed E-state index contributed by atoms with van der Waals surface area (Å²) in [5.41, 5.74) is 4.59. The fraction of sp³-hybridized carbons (Fsp3) is 0.148. The third-order valence-electron chi connectivity index (χ3n) is 5.50. The normalized spacial score (nSPS) is 10.9. The van der Waals surface area contributed by atoms with Crippen molar-refractivity contribution in [2.75, 3.05) is 5.32 Å². The lowest BCUT2D eigenvalue weighted by atomic mass is 10.0. The molecule has 0 aliphatic carbocycles. The lowest BCUT2D eigenvalue weighted by Crippen LogP contribution is -2.34. The van der Waals surface area contributed by atoms with E-state index < -0.39 is 5.63 Å². The number of thiocarbonyl (C=S) groups is 1. The lowest BCUT2D eigenvalue weighted by molar-refractivity contribution is 0.0977. The van der Waals surface area contributed by atoms with Crippen molar-refractivity contribution < 1.29 is 9.21 Å². The molecule has 0 unspecified atom stereocenters. The van der Waals surface area contributed by atoms with Crippen molar-refractivity contribution >= 4 is 39.9 Å². The molecular formula is C27H24N2O3S. The second kappa shape index (κ2) is 9.38. The van der Waals surface area contributed by atoms with E-state index in [4.69, 9.17) is 16.6 Å². The van der Waals surface area contributed by atoms with Crippen LogP contribution in [0.2, 0.25) is 0 Å². The molecular weight excluding hydrogens is 432 g/mol. The summed E-state index contributed by atoms with van der Waals surface area (Å²) >= 11 is 5.36. The number of hydrogen-bond acceptors (Lipinski definition) is 4. The van der Waals surface area contributed by atoms with Crippen LogP contribution in [0.1, 0.15) is 41.3 Å². The van der Waals surface area contributed by atoms with Gasteiger partial charge in [-0.2, -0.15) is 0 Å². The SMILES string of the molecule is Cc1ccc(-c2cc3ccccc3oc2=O)cc1NC(=S)NC(=O)c1ccc(C(C)C)cc1. The van der Waals surface area contributed by atoms with Crippen molar-refractivity contribution in [3.05, 3.63) is 99.9 Å². The molecule has 0 fully saturated rings. The molecule has 0 spiro atoms. The zero-order valence-electron chi connectivity index (χ0n) is 18.6. The third kappa shape index (κ3) is 5.02. The minimum atomic E-state index is -0.413. The van der Waals surface area contributed by atoms with E-state index in [-0.39, 0.29) is 11.0 Å². The highest BCUT2D eigenvalue weighted by Crippen LogP contribution is 2.26. The van der Waals surface area contributed by atoms with Gasteiger partial charge in [-0.3, -0.25) is 10.1 Å². The highest BCUT2D eigenvalue weighted by Gasteiger charge is 2.12. The van der Waals surface area contributed by atoms with E-state index in [1.54, 1.807) is 18.2 Å². The van der Waals surface area contributed by atoms with Crippen LogP contribution in [-0.2, 0) is 0 Å². The summed E-state index contributed by atoms with van der Waals surface area (Å²) in [4.78, 5) is 25.1. The highest BCUT2D eigenvalue weighted by molar-refractivity contribution is 7.80. The molecule has 33 heavy (non-hydrogen) atoms. The molecule has 0 aliphatic rings. The number of fused-ring (bicyclic) bond motifs is 1. The Morgan fingerprint density at radius 2 is 1.70 bits per heavy atom. The third-order valence-corrected chi connectivity index (χ3v) is 5.71. The molecule has 2 N–H and O–H groups in total. The summed E-state index contributed by atoms with van der Waals surface area (Å²) in [6, 6.07) is 22.2. The van der Waals surface area contributed by atoms with Crippen LogP contribution >= 0.6 is 12.2 Å². The van der Waals surface area contributed by atoms with Gasteiger partial charge in [0.05, 0.1) is 5.56 Å². The molecule has 4 rings (SSSR count). The average molecular weight is 457 g/mol. The van der Waals surface area contributed by atoms with Crippen LogP contribution in [0.3, 0.4) is 0 Å². The van der Waals surface area contributed by atoms with Gasteiger partial charge < -0.3 is 9.73 Å². The van der Waals surface area contributed by atoms with Crippen LogP contribution in [0.5, 0.6) is 0 Å². The first-order valence-corrected chi connectivity index (χ1v) is 11.1. The second-order valence-electron chi connectivity index (χ2n) is 8.20. The number of para-hydroxylation sites is 1. The van der Waals surface area contributed by atoms with Crippen LogP contribution in [0, 0.1) is 6.92 Å². The zero-order valence-corrected chi connectivity index (χ0v) is 19.5. The summed E-state index contributed by atoms with van der Waals surface area (Å²) in [5, 5.41) is 6.81. The number of aryl methyl sites for hydroxylation is 1. The summed E-state index contributed by atoms with van der Waals surface area (Å²) in [5.74, 6) is 0.108. The van der Waals surface area contributed by atoms with Crippen LogP contribution in [0.25, 0.3) is 22.1 Å². The Morgan fingerprint density at radius 1 is 0.970 bits per heavy atom. The fourth-order valence-electron chi connectivity index (χ4n) is 3.54. The Balaban J connectivity index is 1.53. The van der Waals surface area contributed by atoms with Crippen molar-refractivity contribution in [1.82, 2.24) is 5.32 Å². The molecule has 1 heterocycles. The minimum absolute atomic E-state index is 0.179. The van der Waals surface area contributed by atoms with Gasteiger partial charge in [-0.25, -0.2) is 4.79 Å². The van der Waals surface area contributed by atoms with Crippen molar-refractivity contribution in [2.24, 2.45) is 0 Å². The van der Waals surface area contributed by atoms with Gasteiger partial charge in [0.25, 0.3) is 5.91 Å². The standard InChI is InChI=1S/C27H24N2O3S/c1-16(2)18-10-12-19(13-11-18)25(30)29-27(33)28-23-15-20(9-8-17(23)3)22-14-21-6-4-5-7-24(21)32-26(22)31/h4-16H,1-3H3,(H2,28,29,30,33). The Hall–Kier alpha value is -3.77. The van der Waals surface area contributed by atoms with Crippen LogP contribution < -0.4 is 16.3 Å². The highest BCUT2D eigenvalue weighted by atomic mass is 32.1. The van der Waals surface area contributed by atoms with E-state index in [9.17, 15) is 9.59 Å². The molecule has 0 radical (unpaired) electrons. The number of nitrogens with one attached hydrogen (secondary N) is 2. The van der Waals surface area contributed by atoms with Gasteiger partial charge in [0.15, 0.2) is 5.11 Å². The van der Waals surface area contributed by atoms with Gasteiger partial charge in [0, 0.05) is 16.6 Å². The molecule has 6 heteroatoms. The number of amides is 1. The molecule has 4 aromatic rings. The monoisotopic (exact) mass is 456 g/mol. The maximum Gasteiger partial charge on any atom is 0.344 e. The Morgan fingerprint density at radius 3 is 2.42 bits per heavy atom. The summed E-state index contributed by atoms with van der Waals surface area (Å²) in [7, 11) is 0. The van der Waals surface area contributed by atoms with Gasteiger partial charge in [0.2, 0.25) is 0 Å². The first-order valence-electron chi connectivity index (χ1n) is 10.7. The lowest BCUT2D eigenvalue weighted by Gasteiger charge is -2.14. The number of benzene rings is 3. The largest absolute Gasteiger partial charge is 0.422 e. The summed E-state index contributed by atoms with van der Waals surface area (Å²) < 4.78 is 5.46. The van der Waals surface area contributed by atoms with Crippen molar-refractivity contribution in [3.63, 3.8) is 0 Å². The molecule has 0 atom stereocenters. The maximum absolute atomic E-state index is 12.6. The Kier molecular flexibility index (Phi) is 6.38. The van der Waals surface area contributed by atoms with E-state index in [0.717, 1.165) is 16.5 Å². The van der Waals surface area contributed by atoms with Gasteiger partial charge in [-0.1, -0.05) is 56.3 Å². The molecule has 166 valence electrons. The number of rotatable bonds is 4. The molecule has 1 aromatic heterocycles. The van der Waals surface area contributed by atoms with Gasteiger partial charge >= 0.3 is 5.63 Å². The van der Waals surface area contributed by atoms with Crippen molar-refractivity contribution in [3.8, 4) is 11.1 Å². The van der Waals surface area contributed by atoms with E-state index in [1.165, 1.54) is 0 Å². The Labute approximate surface area is 197 Å².